The fourth-order valence-electron chi connectivity index (χ4n) is 10.9. The zero-order valence-corrected chi connectivity index (χ0v) is 61.9. The average Bonchev–Trinajstić information content (AvgIpc) is 0.765. The SMILES string of the molecule is CC(CO)CCNS(=O)(=O)c1ccc2oc3ccc(S(=O)(=O)NCCC(C)CO)cc3c(=O)c2c1.NS(=O)(=O)c1cc(S(=O)(=O)Cc2ccc(O)cc2)c2cccc(S(=O)(=O)Cc3ccc(O)cc3)c2c1.O=C(O)c1cc(S(=O)(=O)Cc2ccc(O)cc2)c2cccc(S(=O)(=O)Cc3ccc(O)cc3)c2c1. The Labute approximate surface area is 610 Å². The number of carbonyl (C=O) groups is 1. The zero-order valence-electron chi connectivity index (χ0n) is 56.2. The Balaban J connectivity index is 0.000000184. The van der Waals surface area contributed by atoms with Crippen LogP contribution in [0.5, 0.6) is 23.0 Å². The molecule has 1 aromatic heterocycles. The molecule has 2 unspecified atom stereocenters. The van der Waals surface area contributed by atoms with Crippen LogP contribution in [0, 0.1) is 11.8 Å². The predicted molar refractivity (Wildman–Crippen MR) is 394 cm³/mol. The lowest BCUT2D eigenvalue weighted by Gasteiger charge is -2.14. The molecule has 560 valence electrons. The summed E-state index contributed by atoms with van der Waals surface area (Å²) in [4.78, 5) is 23.0. The van der Waals surface area contributed by atoms with Gasteiger partial charge in [0.25, 0.3) is 0 Å². The van der Waals surface area contributed by atoms with Gasteiger partial charge in [-0.1, -0.05) is 86.6 Å². The van der Waals surface area contributed by atoms with Crippen molar-refractivity contribution in [1.82, 2.24) is 9.44 Å². The molecule has 2 atom stereocenters. The van der Waals surface area contributed by atoms with Crippen LogP contribution in [0.3, 0.4) is 0 Å². The number of carboxylic acid groups (broad SMARTS) is 1. The number of phenols is 4. The lowest BCUT2D eigenvalue weighted by molar-refractivity contribution is 0.0696. The largest absolute Gasteiger partial charge is 0.508 e. The summed E-state index contributed by atoms with van der Waals surface area (Å²) in [6, 6.07) is 42.3. The number of hydrogen-bond donors (Lipinski definition) is 10. The maximum atomic E-state index is 13.4. The molecule has 1 heterocycles. The molecular formula is C72H71N3O24S7. The molecule has 0 aliphatic rings. The molecule has 0 aliphatic carbocycles. The van der Waals surface area contributed by atoms with E-state index in [9.17, 15) is 94.0 Å². The summed E-state index contributed by atoms with van der Waals surface area (Å²) in [5.74, 6) is -3.59. The predicted octanol–water partition coefficient (Wildman–Crippen LogP) is 8.28. The van der Waals surface area contributed by atoms with Crippen molar-refractivity contribution in [1.29, 1.82) is 0 Å². The molecule has 11 aromatic rings. The number of fused-ring (bicyclic) bond motifs is 4. The number of primary sulfonamides is 1. The van der Waals surface area contributed by atoms with Gasteiger partial charge in [-0.3, -0.25) is 4.79 Å². The van der Waals surface area contributed by atoms with Crippen molar-refractivity contribution in [2.75, 3.05) is 26.3 Å². The van der Waals surface area contributed by atoms with Gasteiger partial charge in [-0.15, -0.1) is 0 Å². The van der Waals surface area contributed by atoms with E-state index >= 15 is 0 Å². The number of aliphatic hydroxyl groups excluding tert-OH is 2. The van der Waals surface area contributed by atoms with E-state index in [1.807, 2.05) is 0 Å². The minimum atomic E-state index is -4.40. The van der Waals surface area contributed by atoms with Gasteiger partial charge >= 0.3 is 5.97 Å². The van der Waals surface area contributed by atoms with Gasteiger partial charge < -0.3 is 40.2 Å². The van der Waals surface area contributed by atoms with E-state index < -0.39 is 114 Å². The summed E-state index contributed by atoms with van der Waals surface area (Å²) in [7, 11) is -28.6. The van der Waals surface area contributed by atoms with Crippen LogP contribution in [-0.4, -0.2) is 127 Å². The van der Waals surface area contributed by atoms with Crippen molar-refractivity contribution in [2.24, 2.45) is 17.0 Å². The third-order valence-corrected chi connectivity index (χ3v) is 27.3. The summed E-state index contributed by atoms with van der Waals surface area (Å²) < 4.78 is 192. The van der Waals surface area contributed by atoms with Crippen LogP contribution in [0.2, 0.25) is 0 Å². The van der Waals surface area contributed by atoms with Crippen LogP contribution in [0.25, 0.3) is 43.5 Å². The minimum absolute atomic E-state index is 0.00313. The monoisotopic (exact) mass is 1590 g/mol. The standard InChI is InChI=1S/C25H20O8S2.C24H21NO8S3.C23H30N2O8S2/c26-19-8-4-16(5-9-19)14-34(30,31)23-3-1-2-21-22(23)12-18(25(28)29)13-24(21)35(32,33)15-17-6-10-20(27)11-7-17;25-36(32,33)20-12-22-21(24(13-20)35(30,31)15-17-6-10-19(27)11-7-17)2-1-3-23(22)34(28,29)14-16-4-8-18(26)9-5-16;1-15(13-26)7-9-24-34(29,30)17-3-5-21-19(11-17)23(28)20-12-18(4-6-22(20)33-21)35(31,32)25-10-8-16(2)14-27/h1-13,26-27H,14-15H2,(H,28,29);1-13,26-27H,14-15H2,(H2,25,32,33);3-6,11-12,15-16,24-27H,7-10,13-14H2,1-2H3. The van der Waals surface area contributed by atoms with Crippen molar-refractivity contribution in [3.63, 3.8) is 0 Å². The molecular weight excluding hydrogens is 1520 g/mol. The summed E-state index contributed by atoms with van der Waals surface area (Å²) in [6.45, 7) is 3.72. The quantitative estimate of drug-likeness (QED) is 0.0228. The second kappa shape index (κ2) is 32.6. The zero-order chi connectivity index (χ0) is 77.5. The maximum Gasteiger partial charge on any atom is 0.335 e. The van der Waals surface area contributed by atoms with Gasteiger partial charge in [0.15, 0.2) is 39.3 Å². The summed E-state index contributed by atoms with van der Waals surface area (Å²) in [5.41, 5.74) is 0.879. The van der Waals surface area contributed by atoms with Crippen molar-refractivity contribution in [3.8, 4) is 23.0 Å². The van der Waals surface area contributed by atoms with Gasteiger partial charge in [-0.25, -0.2) is 78.3 Å². The van der Waals surface area contributed by atoms with Crippen LogP contribution in [0.1, 0.15) is 59.3 Å². The van der Waals surface area contributed by atoms with Crippen LogP contribution in [-0.2, 0) is 92.4 Å². The van der Waals surface area contributed by atoms with Crippen LogP contribution in [0.4, 0.5) is 0 Å². The first-order valence-corrected chi connectivity index (χ1v) is 43.0. The number of carboxylic acids is 1. The number of aliphatic hydroxyl groups is 2. The molecule has 0 radical (unpaired) electrons. The molecule has 11 rings (SSSR count). The Morgan fingerprint density at radius 2 is 0.717 bits per heavy atom. The molecule has 27 nitrogen and oxygen atoms in total. The summed E-state index contributed by atoms with van der Waals surface area (Å²) in [5, 5.41) is 70.9. The third kappa shape index (κ3) is 19.7. The molecule has 0 spiro atoms. The van der Waals surface area contributed by atoms with E-state index in [2.05, 4.69) is 9.44 Å². The Hall–Kier alpha value is -9.69. The van der Waals surface area contributed by atoms with Gasteiger partial charge in [0.05, 0.1) is 73.6 Å². The number of rotatable bonds is 26. The number of aromatic hydroxyl groups is 4. The third-order valence-electron chi connectivity index (χ3n) is 16.6. The average molecular weight is 1590 g/mol. The molecule has 0 saturated carbocycles. The number of phenolic OH excluding ortho intramolecular Hbond substituents is 4. The number of nitrogens with two attached hydrogens (primary N) is 1. The fraction of sp³-hybridized carbons (Fsp3) is 0.194. The fourth-order valence-corrected chi connectivity index (χ4v) is 20.1. The topological polar surface area (TPSA) is 478 Å². The van der Waals surface area contributed by atoms with E-state index in [1.54, 1.807) is 13.8 Å². The van der Waals surface area contributed by atoms with E-state index in [0.29, 0.717) is 35.1 Å². The second-order valence-electron chi connectivity index (χ2n) is 24.8. The number of nitrogens with one attached hydrogen (secondary N) is 2. The Kier molecular flexibility index (Phi) is 24.7. The highest BCUT2D eigenvalue weighted by molar-refractivity contribution is 7.92. The Morgan fingerprint density at radius 3 is 1.05 bits per heavy atom. The molecule has 10 aromatic carbocycles. The van der Waals surface area contributed by atoms with E-state index in [4.69, 9.17) is 19.8 Å². The van der Waals surface area contributed by atoms with Gasteiger partial charge in [0.1, 0.15) is 34.2 Å². The van der Waals surface area contributed by atoms with Crippen molar-refractivity contribution in [2.45, 2.75) is 84.0 Å². The highest BCUT2D eigenvalue weighted by atomic mass is 32.2. The highest BCUT2D eigenvalue weighted by Crippen LogP contribution is 2.37. The lowest BCUT2D eigenvalue weighted by Crippen LogP contribution is -2.26. The van der Waals surface area contributed by atoms with Crippen molar-refractivity contribution in [3.05, 3.63) is 232 Å². The normalized spacial score (nSPS) is 13.0. The van der Waals surface area contributed by atoms with Gasteiger partial charge in [0.2, 0.25) is 35.5 Å². The second-order valence-corrected chi connectivity index (χ2v) is 37.8. The lowest BCUT2D eigenvalue weighted by atomic mass is 10.1. The Bertz CT molecular complexity index is 5960. The first kappa shape index (κ1) is 80.4. The number of sulfonamides is 3. The van der Waals surface area contributed by atoms with Gasteiger partial charge in [0, 0.05) is 47.8 Å². The molecule has 0 fully saturated rings. The number of benzene rings is 10. The van der Waals surface area contributed by atoms with E-state index in [-0.39, 0.29) is 135 Å². The molecule has 0 bridgehead atoms. The van der Waals surface area contributed by atoms with Gasteiger partial charge in [-0.05, 0) is 168 Å². The molecule has 106 heavy (non-hydrogen) atoms. The van der Waals surface area contributed by atoms with Crippen LogP contribution >= 0.6 is 0 Å². The number of sulfone groups is 4. The van der Waals surface area contributed by atoms with Crippen molar-refractivity contribution < 1.29 is 104 Å². The molecule has 34 heteroatoms. The summed E-state index contributed by atoms with van der Waals surface area (Å²) in [6.07, 6.45) is 0.889. The highest BCUT2D eigenvalue weighted by Gasteiger charge is 2.29. The van der Waals surface area contributed by atoms with E-state index in [1.165, 1.54) is 170 Å². The molecule has 0 amide bonds. The maximum absolute atomic E-state index is 13.4. The van der Waals surface area contributed by atoms with E-state index in [0.717, 1.165) is 24.3 Å². The van der Waals surface area contributed by atoms with Gasteiger partial charge in [-0.2, -0.15) is 0 Å². The Morgan fingerprint density at radius 1 is 0.396 bits per heavy atom. The number of hydrogen-bond acceptors (Lipinski definition) is 23. The smallest absolute Gasteiger partial charge is 0.335 e. The molecule has 11 N–H and O–H groups in total. The molecule has 0 saturated heterocycles. The first-order chi connectivity index (χ1) is 49.7. The van der Waals surface area contributed by atoms with Crippen LogP contribution < -0.4 is 20.0 Å². The number of aromatic carboxylic acids is 1. The first-order valence-electron chi connectivity index (χ1n) is 31.8. The minimum Gasteiger partial charge on any atom is -0.508 e. The summed E-state index contributed by atoms with van der Waals surface area (Å²) >= 11 is 0. The van der Waals surface area contributed by atoms with Crippen LogP contribution in [0.15, 0.2) is 238 Å². The molecule has 0 aliphatic heterocycles. The van der Waals surface area contributed by atoms with Crippen molar-refractivity contribution >= 4 is 119 Å².